The highest BCUT2D eigenvalue weighted by Crippen LogP contribution is 2.24. The molecule has 0 saturated heterocycles. The van der Waals surface area contributed by atoms with Crippen LogP contribution in [0, 0.1) is 12.7 Å². The van der Waals surface area contributed by atoms with Crippen molar-refractivity contribution < 1.29 is 18.7 Å². The Morgan fingerprint density at radius 2 is 1.80 bits per heavy atom. The zero-order valence-corrected chi connectivity index (χ0v) is 14.0. The summed E-state index contributed by atoms with van der Waals surface area (Å²) < 4.78 is 18.8. The van der Waals surface area contributed by atoms with Gasteiger partial charge in [-0.3, -0.25) is 9.59 Å². The molecule has 0 spiro atoms. The maximum Gasteiger partial charge on any atom is 0.311 e. The van der Waals surface area contributed by atoms with Gasteiger partial charge < -0.3 is 9.72 Å². The van der Waals surface area contributed by atoms with Gasteiger partial charge >= 0.3 is 5.97 Å². The van der Waals surface area contributed by atoms with Crippen LogP contribution in [-0.2, 0) is 16.0 Å². The molecule has 0 aliphatic carbocycles. The molecule has 0 aliphatic rings. The van der Waals surface area contributed by atoms with Gasteiger partial charge in [0.2, 0.25) is 5.78 Å². The maximum absolute atomic E-state index is 13.6. The molecular formula is C20H18FNO3. The Morgan fingerprint density at radius 3 is 2.56 bits per heavy atom. The summed E-state index contributed by atoms with van der Waals surface area (Å²) in [6.45, 7) is 3.34. The average molecular weight is 339 g/mol. The van der Waals surface area contributed by atoms with Gasteiger partial charge in [0.25, 0.3) is 0 Å². The Labute approximate surface area is 144 Å². The number of rotatable bonds is 5. The number of carbonyl (C=O) groups is 2. The lowest BCUT2D eigenvalue weighted by atomic mass is 10.0. The van der Waals surface area contributed by atoms with Crippen molar-refractivity contribution in [3.05, 3.63) is 71.2 Å². The van der Waals surface area contributed by atoms with E-state index in [1.54, 1.807) is 19.1 Å². The highest BCUT2D eigenvalue weighted by Gasteiger charge is 2.24. The number of Topliss-reactive ketones (excluding diaryl/α,β-unsaturated/α-hetero) is 1. The van der Waals surface area contributed by atoms with E-state index in [1.807, 2.05) is 24.3 Å². The molecule has 0 unspecified atom stereocenters. The number of aromatic amines is 1. The Bertz CT molecular complexity index is 945. The summed E-state index contributed by atoms with van der Waals surface area (Å²) >= 11 is 0. The van der Waals surface area contributed by atoms with Gasteiger partial charge in [0.05, 0.1) is 6.42 Å². The van der Waals surface area contributed by atoms with Crippen molar-refractivity contribution in [3.63, 3.8) is 0 Å². The van der Waals surface area contributed by atoms with Crippen LogP contribution in [0.15, 0.2) is 48.5 Å². The summed E-state index contributed by atoms with van der Waals surface area (Å²) in [7, 11) is 0. The molecule has 0 aliphatic heterocycles. The predicted molar refractivity (Wildman–Crippen MR) is 93.0 cm³/mol. The van der Waals surface area contributed by atoms with E-state index >= 15 is 0 Å². The monoisotopic (exact) mass is 339 g/mol. The van der Waals surface area contributed by atoms with E-state index in [-0.39, 0.29) is 17.8 Å². The third kappa shape index (κ3) is 3.45. The van der Waals surface area contributed by atoms with Crippen molar-refractivity contribution in [3.8, 4) is 0 Å². The summed E-state index contributed by atoms with van der Waals surface area (Å²) in [6, 6.07) is 13.5. The van der Waals surface area contributed by atoms with Gasteiger partial charge in [-0.2, -0.15) is 0 Å². The molecule has 5 heteroatoms. The number of para-hydroxylation sites is 1. The molecule has 3 rings (SSSR count). The SMILES string of the molecule is Cc1[nH]c2ccccc2c1C(=O)[C@@H](C)OC(=O)Cc1ccccc1F. The third-order valence-corrected chi connectivity index (χ3v) is 4.11. The minimum atomic E-state index is -0.947. The number of hydrogen-bond acceptors (Lipinski definition) is 3. The summed E-state index contributed by atoms with van der Waals surface area (Å²) in [4.78, 5) is 27.9. The lowest BCUT2D eigenvalue weighted by Gasteiger charge is -2.13. The molecule has 1 N–H and O–H groups in total. The normalized spacial score (nSPS) is 12.1. The second-order valence-electron chi connectivity index (χ2n) is 5.94. The van der Waals surface area contributed by atoms with Gasteiger partial charge in [0.15, 0.2) is 6.10 Å². The Balaban J connectivity index is 1.75. The van der Waals surface area contributed by atoms with E-state index in [0.717, 1.165) is 16.6 Å². The fourth-order valence-electron chi connectivity index (χ4n) is 2.89. The number of benzene rings is 2. The van der Waals surface area contributed by atoms with Gasteiger partial charge in [0, 0.05) is 22.2 Å². The molecular weight excluding hydrogens is 321 g/mol. The van der Waals surface area contributed by atoms with Crippen LogP contribution in [0.1, 0.15) is 28.5 Å². The molecule has 0 radical (unpaired) electrons. The first kappa shape index (κ1) is 16.9. The van der Waals surface area contributed by atoms with Gasteiger partial charge in [-0.05, 0) is 31.5 Å². The van der Waals surface area contributed by atoms with Crippen LogP contribution < -0.4 is 0 Å². The highest BCUT2D eigenvalue weighted by molar-refractivity contribution is 6.11. The first-order valence-electron chi connectivity index (χ1n) is 8.01. The number of aromatic nitrogens is 1. The first-order chi connectivity index (χ1) is 12.0. The Kier molecular flexibility index (Phi) is 4.65. The Morgan fingerprint density at radius 1 is 1.12 bits per heavy atom. The molecule has 25 heavy (non-hydrogen) atoms. The lowest BCUT2D eigenvalue weighted by Crippen LogP contribution is -2.25. The van der Waals surface area contributed by atoms with Crippen LogP contribution in [0.2, 0.25) is 0 Å². The number of aryl methyl sites for hydroxylation is 1. The van der Waals surface area contributed by atoms with E-state index in [4.69, 9.17) is 4.74 Å². The molecule has 128 valence electrons. The largest absolute Gasteiger partial charge is 0.454 e. The van der Waals surface area contributed by atoms with Crippen molar-refractivity contribution in [2.45, 2.75) is 26.4 Å². The first-order valence-corrected chi connectivity index (χ1v) is 8.01. The van der Waals surface area contributed by atoms with Crippen molar-refractivity contribution >= 4 is 22.7 Å². The van der Waals surface area contributed by atoms with Crippen LogP contribution in [-0.4, -0.2) is 22.8 Å². The van der Waals surface area contributed by atoms with E-state index in [9.17, 15) is 14.0 Å². The van der Waals surface area contributed by atoms with Crippen LogP contribution in [0.3, 0.4) is 0 Å². The van der Waals surface area contributed by atoms with Gasteiger partial charge in [0.1, 0.15) is 5.82 Å². The molecule has 1 heterocycles. The molecule has 0 amide bonds. The number of ether oxygens (including phenoxy) is 1. The number of H-pyrrole nitrogens is 1. The number of hydrogen-bond donors (Lipinski definition) is 1. The van der Waals surface area contributed by atoms with Crippen LogP contribution in [0.5, 0.6) is 0 Å². The molecule has 0 fully saturated rings. The summed E-state index contributed by atoms with van der Waals surface area (Å²) in [5.41, 5.74) is 2.34. The van der Waals surface area contributed by atoms with E-state index in [2.05, 4.69) is 4.98 Å². The van der Waals surface area contributed by atoms with Crippen LogP contribution in [0.25, 0.3) is 10.9 Å². The van der Waals surface area contributed by atoms with Gasteiger partial charge in [-0.15, -0.1) is 0 Å². The average Bonchev–Trinajstić information content (AvgIpc) is 2.92. The number of halogens is 1. The fraction of sp³-hybridized carbons (Fsp3) is 0.200. The predicted octanol–water partition coefficient (Wildman–Crippen LogP) is 3.97. The molecule has 4 nitrogen and oxygen atoms in total. The molecule has 0 bridgehead atoms. The molecule has 2 aromatic carbocycles. The minimum absolute atomic E-state index is 0.211. The van der Waals surface area contributed by atoms with Crippen LogP contribution >= 0.6 is 0 Å². The fourth-order valence-corrected chi connectivity index (χ4v) is 2.89. The molecule has 0 saturated carbocycles. The van der Waals surface area contributed by atoms with Gasteiger partial charge in [-0.25, -0.2) is 4.39 Å². The van der Waals surface area contributed by atoms with E-state index in [1.165, 1.54) is 19.1 Å². The van der Waals surface area contributed by atoms with Crippen molar-refractivity contribution in [1.82, 2.24) is 4.98 Å². The van der Waals surface area contributed by atoms with Gasteiger partial charge in [-0.1, -0.05) is 36.4 Å². The Hall–Kier alpha value is -2.95. The number of fused-ring (bicyclic) bond motifs is 1. The summed E-state index contributed by atoms with van der Waals surface area (Å²) in [5.74, 6) is -1.38. The van der Waals surface area contributed by atoms with Crippen molar-refractivity contribution in [2.24, 2.45) is 0 Å². The second kappa shape index (κ2) is 6.89. The highest BCUT2D eigenvalue weighted by atomic mass is 19.1. The maximum atomic E-state index is 13.6. The minimum Gasteiger partial charge on any atom is -0.454 e. The molecule has 1 atom stereocenters. The number of carbonyl (C=O) groups excluding carboxylic acids is 2. The van der Waals surface area contributed by atoms with E-state index < -0.39 is 17.9 Å². The topological polar surface area (TPSA) is 59.2 Å². The second-order valence-corrected chi connectivity index (χ2v) is 5.94. The number of esters is 1. The zero-order valence-electron chi connectivity index (χ0n) is 14.0. The standard InChI is InChI=1S/C20H18FNO3/c1-12-19(15-8-4-6-10-17(15)22-12)20(24)13(2)25-18(23)11-14-7-3-5-9-16(14)21/h3-10,13,22H,11H2,1-2H3/t13-/m1/s1. The summed E-state index contributed by atoms with van der Waals surface area (Å²) in [5, 5.41) is 0.794. The quantitative estimate of drug-likeness (QED) is 0.565. The van der Waals surface area contributed by atoms with E-state index in [0.29, 0.717) is 5.56 Å². The van der Waals surface area contributed by atoms with Crippen LogP contribution in [0.4, 0.5) is 4.39 Å². The number of nitrogens with one attached hydrogen (secondary N) is 1. The molecule has 1 aromatic heterocycles. The lowest BCUT2D eigenvalue weighted by molar-refractivity contribution is -0.145. The summed E-state index contributed by atoms with van der Waals surface area (Å²) in [6.07, 6.45) is -1.16. The molecule has 3 aromatic rings. The van der Waals surface area contributed by atoms with Crippen molar-refractivity contribution in [2.75, 3.05) is 0 Å². The number of ketones is 1. The third-order valence-electron chi connectivity index (χ3n) is 4.11. The smallest absolute Gasteiger partial charge is 0.311 e. The van der Waals surface area contributed by atoms with Crippen molar-refractivity contribution in [1.29, 1.82) is 0 Å². The zero-order chi connectivity index (χ0) is 18.0.